The molecule has 0 radical (unpaired) electrons. The fourth-order valence-electron chi connectivity index (χ4n) is 7.58. The van der Waals surface area contributed by atoms with Crippen LogP contribution in [-0.4, -0.2) is 24.3 Å². The van der Waals surface area contributed by atoms with Gasteiger partial charge in [0.05, 0.1) is 26.8 Å². The lowest BCUT2D eigenvalue weighted by Crippen LogP contribution is -2.01. The number of nitrogens with zero attached hydrogens (tertiary/aromatic N) is 5. The van der Waals surface area contributed by atoms with E-state index in [9.17, 15) is 0 Å². The van der Waals surface area contributed by atoms with E-state index in [2.05, 4.69) is 132 Å². The quantitative estimate of drug-likeness (QED) is 0.140. The molecule has 0 unspecified atom stereocenters. The van der Waals surface area contributed by atoms with Crippen LogP contribution in [0.1, 0.15) is 0 Å². The minimum Gasteiger partial charge on any atom is -0.308 e. The monoisotopic (exact) mass is 655 g/mol. The van der Waals surface area contributed by atoms with Gasteiger partial charge in [-0.25, -0.2) is 19.9 Å². The molecule has 0 saturated carbocycles. The van der Waals surface area contributed by atoms with Gasteiger partial charge in [-0.05, 0) is 41.1 Å². The van der Waals surface area contributed by atoms with Crippen molar-refractivity contribution in [3.05, 3.63) is 152 Å². The number of pyridine rings is 1. The first kappa shape index (κ1) is 27.5. The van der Waals surface area contributed by atoms with E-state index in [-0.39, 0.29) is 0 Å². The Balaban J connectivity index is 1.13. The molecule has 11 rings (SSSR count). The van der Waals surface area contributed by atoms with Crippen LogP contribution in [0.2, 0.25) is 0 Å². The van der Waals surface area contributed by atoms with Gasteiger partial charge in [-0.2, -0.15) is 0 Å². The van der Waals surface area contributed by atoms with Gasteiger partial charge < -0.3 is 4.40 Å². The van der Waals surface area contributed by atoms with Gasteiger partial charge in [0.1, 0.15) is 5.01 Å². The zero-order chi connectivity index (χ0) is 32.8. The third kappa shape index (κ3) is 4.00. The first-order chi connectivity index (χ1) is 24.8. The van der Waals surface area contributed by atoms with Crippen molar-refractivity contribution in [2.45, 2.75) is 0 Å². The highest BCUT2D eigenvalue weighted by molar-refractivity contribution is 7.21. The van der Waals surface area contributed by atoms with Gasteiger partial charge >= 0.3 is 0 Å². The Hall–Kier alpha value is -6.50. The van der Waals surface area contributed by atoms with Crippen molar-refractivity contribution in [2.24, 2.45) is 0 Å². The molecule has 0 amide bonds. The SMILES string of the molecule is c1ccc(-c2nc(-c3ccc(-c4nc5ccccc5s4)cc3)nc(-c3ccc4c5c3cccc5c3cccc5c6ccccc6n4c35)n2)cc1. The van der Waals surface area contributed by atoms with Crippen LogP contribution in [0.25, 0.3) is 104 Å². The Bertz CT molecular complexity index is 3050. The fourth-order valence-corrected chi connectivity index (χ4v) is 8.55. The maximum Gasteiger partial charge on any atom is 0.164 e. The maximum absolute atomic E-state index is 5.17. The lowest BCUT2D eigenvalue weighted by Gasteiger charge is -2.16. The number of fused-ring (bicyclic) bond motifs is 6. The van der Waals surface area contributed by atoms with Crippen molar-refractivity contribution < 1.29 is 0 Å². The molecule has 0 spiro atoms. The van der Waals surface area contributed by atoms with E-state index in [4.69, 9.17) is 19.9 Å². The van der Waals surface area contributed by atoms with Gasteiger partial charge in [-0.15, -0.1) is 11.3 Å². The van der Waals surface area contributed by atoms with E-state index in [1.807, 2.05) is 24.3 Å². The zero-order valence-electron chi connectivity index (χ0n) is 26.6. The van der Waals surface area contributed by atoms with Crippen molar-refractivity contribution in [1.29, 1.82) is 0 Å². The Morgan fingerprint density at radius 1 is 0.400 bits per heavy atom. The van der Waals surface area contributed by atoms with E-state index in [0.717, 1.165) is 38.2 Å². The summed E-state index contributed by atoms with van der Waals surface area (Å²) in [5.41, 5.74) is 8.58. The topological polar surface area (TPSA) is 56.0 Å². The summed E-state index contributed by atoms with van der Waals surface area (Å²) in [4.78, 5) is 20.2. The number of hydrogen-bond acceptors (Lipinski definition) is 5. The molecule has 0 fully saturated rings. The zero-order valence-corrected chi connectivity index (χ0v) is 27.4. The molecule has 0 saturated heterocycles. The van der Waals surface area contributed by atoms with Crippen LogP contribution in [-0.2, 0) is 0 Å². The molecule has 7 aromatic carbocycles. The van der Waals surface area contributed by atoms with Crippen LogP contribution in [0.4, 0.5) is 0 Å². The number of thiazole rings is 1. The van der Waals surface area contributed by atoms with Crippen LogP contribution in [0.3, 0.4) is 0 Å². The molecule has 0 aliphatic heterocycles. The van der Waals surface area contributed by atoms with Crippen molar-refractivity contribution in [2.75, 3.05) is 0 Å². The Labute approximate surface area is 290 Å². The van der Waals surface area contributed by atoms with Crippen LogP contribution in [0, 0.1) is 0 Å². The molecule has 4 aromatic heterocycles. The molecule has 6 heteroatoms. The summed E-state index contributed by atoms with van der Waals surface area (Å²) < 4.78 is 3.61. The standard InChI is InChI=1S/C44H25N5S/c1-2-10-26(11-3-1)41-46-42(27-20-22-28(23-21-27)44-45-35-17-5-7-19-38(35)50-44)48-43(47-41)34-24-25-37-39-30(13-8-14-31(34)39)33-16-9-15-32-29-12-4-6-18-36(29)49(37)40(32)33/h1-25H. The molecule has 5 nitrogen and oxygen atoms in total. The van der Waals surface area contributed by atoms with E-state index < -0.39 is 0 Å². The van der Waals surface area contributed by atoms with Crippen LogP contribution in [0.5, 0.6) is 0 Å². The predicted octanol–water partition coefficient (Wildman–Crippen LogP) is 11.5. The second-order valence-electron chi connectivity index (χ2n) is 12.7. The van der Waals surface area contributed by atoms with E-state index in [1.165, 1.54) is 48.2 Å². The molecule has 0 atom stereocenters. The number of rotatable bonds is 4. The van der Waals surface area contributed by atoms with Crippen molar-refractivity contribution in [3.8, 4) is 44.7 Å². The van der Waals surface area contributed by atoms with Gasteiger partial charge in [-0.1, -0.05) is 121 Å². The normalized spacial score (nSPS) is 12.0. The third-order valence-corrected chi connectivity index (χ3v) is 10.9. The van der Waals surface area contributed by atoms with Gasteiger partial charge in [0, 0.05) is 43.8 Å². The minimum atomic E-state index is 0.633. The molecular formula is C44H25N5S. The van der Waals surface area contributed by atoms with Crippen LogP contribution >= 0.6 is 11.3 Å². The molecule has 50 heavy (non-hydrogen) atoms. The number of benzene rings is 7. The van der Waals surface area contributed by atoms with Gasteiger partial charge in [0.2, 0.25) is 0 Å². The second-order valence-corrected chi connectivity index (χ2v) is 13.7. The highest BCUT2D eigenvalue weighted by atomic mass is 32.1. The minimum absolute atomic E-state index is 0.633. The average Bonchev–Trinajstić information content (AvgIpc) is 3.77. The molecule has 4 heterocycles. The van der Waals surface area contributed by atoms with E-state index >= 15 is 0 Å². The lowest BCUT2D eigenvalue weighted by molar-refractivity contribution is 1.08. The molecular weight excluding hydrogens is 631 g/mol. The van der Waals surface area contributed by atoms with Gasteiger partial charge in [0.25, 0.3) is 0 Å². The summed E-state index contributed by atoms with van der Waals surface area (Å²) >= 11 is 1.70. The lowest BCUT2D eigenvalue weighted by atomic mass is 9.96. The molecule has 232 valence electrons. The van der Waals surface area contributed by atoms with Crippen molar-refractivity contribution >= 4 is 70.4 Å². The molecule has 0 aliphatic rings. The Morgan fingerprint density at radius 2 is 1.02 bits per heavy atom. The summed E-state index contributed by atoms with van der Waals surface area (Å²) in [6.45, 7) is 0. The predicted molar refractivity (Wildman–Crippen MR) is 207 cm³/mol. The van der Waals surface area contributed by atoms with E-state index in [1.54, 1.807) is 11.3 Å². The first-order valence-electron chi connectivity index (χ1n) is 16.7. The molecule has 0 aliphatic carbocycles. The summed E-state index contributed by atoms with van der Waals surface area (Å²) in [5.74, 6) is 1.92. The number of hydrogen-bond donors (Lipinski definition) is 0. The molecule has 0 bridgehead atoms. The largest absolute Gasteiger partial charge is 0.308 e. The summed E-state index contributed by atoms with van der Waals surface area (Å²) in [6, 6.07) is 53.2. The summed E-state index contributed by atoms with van der Waals surface area (Å²) in [7, 11) is 0. The Morgan fingerprint density at radius 3 is 1.84 bits per heavy atom. The molecule has 0 N–H and O–H groups in total. The van der Waals surface area contributed by atoms with Gasteiger partial charge in [0.15, 0.2) is 17.5 Å². The Kier molecular flexibility index (Phi) is 5.76. The van der Waals surface area contributed by atoms with Crippen LogP contribution in [0.15, 0.2) is 152 Å². The smallest absolute Gasteiger partial charge is 0.164 e. The van der Waals surface area contributed by atoms with Crippen molar-refractivity contribution in [1.82, 2.24) is 24.3 Å². The summed E-state index contributed by atoms with van der Waals surface area (Å²) in [6.07, 6.45) is 0. The van der Waals surface area contributed by atoms with Crippen LogP contribution < -0.4 is 0 Å². The molecule has 11 aromatic rings. The summed E-state index contributed by atoms with van der Waals surface area (Å²) in [5, 5.41) is 8.31. The fraction of sp³-hybridized carbons (Fsp3) is 0. The highest BCUT2D eigenvalue weighted by Crippen LogP contribution is 2.42. The number of para-hydroxylation sites is 3. The third-order valence-electron chi connectivity index (χ3n) is 9.84. The van der Waals surface area contributed by atoms with E-state index in [0.29, 0.717) is 17.5 Å². The number of aromatic nitrogens is 5. The average molecular weight is 656 g/mol. The highest BCUT2D eigenvalue weighted by Gasteiger charge is 2.20. The first-order valence-corrected chi connectivity index (χ1v) is 17.5. The van der Waals surface area contributed by atoms with Crippen molar-refractivity contribution in [3.63, 3.8) is 0 Å². The van der Waals surface area contributed by atoms with Gasteiger partial charge in [-0.3, -0.25) is 0 Å². The maximum atomic E-state index is 5.17. The second kappa shape index (κ2) is 10.5.